The number of amides is 1. The van der Waals surface area contributed by atoms with E-state index in [1.165, 1.54) is 18.4 Å². The first-order chi connectivity index (χ1) is 9.01. The molecule has 0 aliphatic heterocycles. The predicted octanol–water partition coefficient (Wildman–Crippen LogP) is 2.25. The Morgan fingerprint density at radius 3 is 2.58 bits per heavy atom. The van der Waals surface area contributed by atoms with Crippen molar-refractivity contribution in [2.75, 3.05) is 19.0 Å². The van der Waals surface area contributed by atoms with Crippen LogP contribution in [0.15, 0.2) is 0 Å². The van der Waals surface area contributed by atoms with Crippen LogP contribution in [-0.2, 0) is 9.53 Å². The third-order valence-electron chi connectivity index (χ3n) is 2.84. The Morgan fingerprint density at radius 2 is 2.00 bits per heavy atom. The molecule has 0 spiro atoms. The van der Waals surface area contributed by atoms with Gasteiger partial charge in [-0.25, -0.2) is 4.79 Å². The number of aliphatic hydroxyl groups excluding tert-OH is 1. The first-order valence-corrected chi connectivity index (χ1v) is 6.92. The van der Waals surface area contributed by atoms with Crippen molar-refractivity contribution in [3.8, 4) is 0 Å². The van der Waals surface area contributed by atoms with Gasteiger partial charge in [0.25, 0.3) is 0 Å². The number of methoxy groups -OCH3 is 1. The molecule has 1 amide bonds. The highest BCUT2D eigenvalue weighted by atomic mass is 32.1. The molecule has 19 heavy (non-hydrogen) atoms. The average Bonchev–Trinajstić information content (AvgIpc) is 2.64. The Bertz CT molecular complexity index is 467. The van der Waals surface area contributed by atoms with E-state index in [0.29, 0.717) is 29.8 Å². The summed E-state index contributed by atoms with van der Waals surface area (Å²) < 4.78 is 4.73. The first kappa shape index (κ1) is 15.7. The van der Waals surface area contributed by atoms with Gasteiger partial charge in [-0.2, -0.15) is 0 Å². The summed E-state index contributed by atoms with van der Waals surface area (Å²) in [6.07, 6.45) is 1.55. The molecule has 0 unspecified atom stereocenters. The molecule has 1 rings (SSSR count). The zero-order chi connectivity index (χ0) is 14.4. The van der Waals surface area contributed by atoms with Crippen LogP contribution >= 0.6 is 11.3 Å². The van der Waals surface area contributed by atoms with E-state index in [2.05, 4.69) is 5.32 Å². The SMILES string of the molecule is COC(=O)c1c(NC(=O)CCCCO)sc(C)c1C. The highest BCUT2D eigenvalue weighted by molar-refractivity contribution is 7.16. The molecule has 0 saturated carbocycles. The lowest BCUT2D eigenvalue weighted by atomic mass is 10.1. The van der Waals surface area contributed by atoms with Crippen molar-refractivity contribution in [3.05, 3.63) is 16.0 Å². The molecule has 0 fully saturated rings. The predicted molar refractivity (Wildman–Crippen MR) is 74.7 cm³/mol. The summed E-state index contributed by atoms with van der Waals surface area (Å²) in [6, 6.07) is 0. The van der Waals surface area contributed by atoms with Gasteiger partial charge >= 0.3 is 5.97 Å². The van der Waals surface area contributed by atoms with Gasteiger partial charge in [0.15, 0.2) is 0 Å². The molecule has 1 heterocycles. The summed E-state index contributed by atoms with van der Waals surface area (Å²) in [7, 11) is 1.32. The second-order valence-electron chi connectivity index (χ2n) is 4.21. The molecule has 1 aromatic heterocycles. The van der Waals surface area contributed by atoms with E-state index in [9.17, 15) is 9.59 Å². The van der Waals surface area contributed by atoms with Crippen molar-refractivity contribution in [3.63, 3.8) is 0 Å². The van der Waals surface area contributed by atoms with Crippen LogP contribution in [0.5, 0.6) is 0 Å². The number of hydrogen-bond donors (Lipinski definition) is 2. The molecule has 0 aromatic carbocycles. The zero-order valence-electron chi connectivity index (χ0n) is 11.4. The Labute approximate surface area is 116 Å². The fourth-order valence-corrected chi connectivity index (χ4v) is 2.71. The summed E-state index contributed by atoms with van der Waals surface area (Å²) in [5.74, 6) is -0.590. The van der Waals surface area contributed by atoms with Crippen LogP contribution in [0.25, 0.3) is 0 Å². The average molecular weight is 285 g/mol. The van der Waals surface area contributed by atoms with E-state index in [4.69, 9.17) is 9.84 Å². The van der Waals surface area contributed by atoms with Gasteiger partial charge in [0.05, 0.1) is 12.7 Å². The van der Waals surface area contributed by atoms with E-state index in [0.717, 1.165) is 10.4 Å². The lowest BCUT2D eigenvalue weighted by Gasteiger charge is -2.05. The van der Waals surface area contributed by atoms with Gasteiger partial charge in [0.2, 0.25) is 5.91 Å². The molecule has 1 aromatic rings. The minimum atomic E-state index is -0.437. The Kier molecular flexibility index (Phi) is 5.98. The number of thiophene rings is 1. The third kappa shape index (κ3) is 4.04. The number of rotatable bonds is 6. The fraction of sp³-hybridized carbons (Fsp3) is 0.538. The summed E-state index contributed by atoms with van der Waals surface area (Å²) in [6.45, 7) is 3.81. The molecule has 5 nitrogen and oxygen atoms in total. The maximum atomic E-state index is 11.7. The summed E-state index contributed by atoms with van der Waals surface area (Å²) in [5.41, 5.74) is 1.27. The highest BCUT2D eigenvalue weighted by Gasteiger charge is 2.21. The van der Waals surface area contributed by atoms with E-state index >= 15 is 0 Å². The summed E-state index contributed by atoms with van der Waals surface area (Å²) in [5, 5.41) is 11.9. The third-order valence-corrected chi connectivity index (χ3v) is 3.96. The maximum Gasteiger partial charge on any atom is 0.341 e. The van der Waals surface area contributed by atoms with Crippen molar-refractivity contribution in [2.45, 2.75) is 33.1 Å². The number of carbonyl (C=O) groups excluding carboxylic acids is 2. The summed E-state index contributed by atoms with van der Waals surface area (Å²) in [4.78, 5) is 24.4. The van der Waals surface area contributed by atoms with Gasteiger partial charge in [-0.3, -0.25) is 4.79 Å². The Hall–Kier alpha value is -1.40. The molecule has 0 atom stereocenters. The van der Waals surface area contributed by atoms with Crippen molar-refractivity contribution in [1.82, 2.24) is 0 Å². The monoisotopic (exact) mass is 285 g/mol. The molecule has 0 aliphatic rings. The Balaban J connectivity index is 2.80. The number of unbranched alkanes of at least 4 members (excludes halogenated alkanes) is 1. The minimum absolute atomic E-state index is 0.0813. The van der Waals surface area contributed by atoms with Crippen molar-refractivity contribution in [2.24, 2.45) is 0 Å². The lowest BCUT2D eigenvalue weighted by Crippen LogP contribution is -2.13. The van der Waals surface area contributed by atoms with Gasteiger partial charge in [-0.05, 0) is 32.3 Å². The second kappa shape index (κ2) is 7.25. The second-order valence-corrected chi connectivity index (χ2v) is 5.43. The quantitative estimate of drug-likeness (QED) is 0.621. The first-order valence-electron chi connectivity index (χ1n) is 6.10. The molecule has 0 bridgehead atoms. The van der Waals surface area contributed by atoms with Gasteiger partial charge in [0, 0.05) is 17.9 Å². The van der Waals surface area contributed by atoms with Gasteiger partial charge < -0.3 is 15.2 Å². The number of hydrogen-bond acceptors (Lipinski definition) is 5. The molecular formula is C13H19NO4S. The lowest BCUT2D eigenvalue weighted by molar-refractivity contribution is -0.116. The van der Waals surface area contributed by atoms with Crippen molar-refractivity contribution in [1.29, 1.82) is 0 Å². The Morgan fingerprint density at radius 1 is 1.32 bits per heavy atom. The topological polar surface area (TPSA) is 75.6 Å². The highest BCUT2D eigenvalue weighted by Crippen LogP contribution is 2.33. The van der Waals surface area contributed by atoms with E-state index < -0.39 is 5.97 Å². The van der Waals surface area contributed by atoms with Crippen LogP contribution in [0, 0.1) is 13.8 Å². The number of ether oxygens (including phenoxy) is 1. The smallest absolute Gasteiger partial charge is 0.341 e. The van der Waals surface area contributed by atoms with Crippen LogP contribution in [-0.4, -0.2) is 30.7 Å². The van der Waals surface area contributed by atoms with Crippen LogP contribution in [0.4, 0.5) is 5.00 Å². The molecule has 2 N–H and O–H groups in total. The van der Waals surface area contributed by atoms with E-state index in [1.54, 1.807) is 0 Å². The molecule has 0 radical (unpaired) electrons. The van der Waals surface area contributed by atoms with Crippen LogP contribution < -0.4 is 5.32 Å². The molecular weight excluding hydrogens is 266 g/mol. The number of aryl methyl sites for hydroxylation is 1. The fourth-order valence-electron chi connectivity index (χ4n) is 1.65. The summed E-state index contributed by atoms with van der Waals surface area (Å²) >= 11 is 1.37. The van der Waals surface area contributed by atoms with Gasteiger partial charge in [0.1, 0.15) is 5.00 Å². The minimum Gasteiger partial charge on any atom is -0.465 e. The van der Waals surface area contributed by atoms with Gasteiger partial charge in [-0.15, -0.1) is 11.3 Å². The number of nitrogens with one attached hydrogen (secondary N) is 1. The number of carbonyl (C=O) groups is 2. The molecule has 106 valence electrons. The van der Waals surface area contributed by atoms with Crippen LogP contribution in [0.2, 0.25) is 0 Å². The molecule has 6 heteroatoms. The van der Waals surface area contributed by atoms with Crippen LogP contribution in [0.1, 0.15) is 40.1 Å². The van der Waals surface area contributed by atoms with E-state index in [-0.39, 0.29) is 12.5 Å². The number of anilines is 1. The standard InChI is InChI=1S/C13H19NO4S/c1-8-9(2)19-12(11(8)13(17)18-3)14-10(16)6-4-5-7-15/h15H,4-7H2,1-3H3,(H,14,16). The van der Waals surface area contributed by atoms with Crippen molar-refractivity contribution >= 4 is 28.2 Å². The normalized spacial score (nSPS) is 10.3. The molecule has 0 aliphatic carbocycles. The number of aliphatic hydroxyl groups is 1. The molecule has 0 saturated heterocycles. The van der Waals surface area contributed by atoms with Crippen LogP contribution in [0.3, 0.4) is 0 Å². The number of esters is 1. The largest absolute Gasteiger partial charge is 0.465 e. The maximum absolute atomic E-state index is 11.7. The van der Waals surface area contributed by atoms with E-state index in [1.807, 2.05) is 13.8 Å². The van der Waals surface area contributed by atoms with Crippen molar-refractivity contribution < 1.29 is 19.4 Å². The zero-order valence-corrected chi connectivity index (χ0v) is 12.2. The van der Waals surface area contributed by atoms with Gasteiger partial charge in [-0.1, -0.05) is 0 Å².